The van der Waals surface area contributed by atoms with Gasteiger partial charge in [0.15, 0.2) is 10.8 Å². The van der Waals surface area contributed by atoms with E-state index in [0.717, 1.165) is 23.5 Å². The van der Waals surface area contributed by atoms with Gasteiger partial charge in [-0.25, -0.2) is 28.3 Å². The van der Waals surface area contributed by atoms with Gasteiger partial charge >= 0.3 is 12.0 Å². The fraction of sp³-hybridized carbons (Fsp3) is 0.174. The molecule has 1 aromatic heterocycles. The van der Waals surface area contributed by atoms with Gasteiger partial charge in [0.1, 0.15) is 23.7 Å². The van der Waals surface area contributed by atoms with Gasteiger partial charge in [-0.15, -0.1) is 11.3 Å². The van der Waals surface area contributed by atoms with E-state index < -0.39 is 47.5 Å². The number of rotatable bonds is 7. The number of hydrogen-bond acceptors (Lipinski definition) is 7. The lowest BCUT2D eigenvalue weighted by Crippen LogP contribution is -2.49. The number of ether oxygens (including phenoxy) is 1. The van der Waals surface area contributed by atoms with Crippen LogP contribution in [0.1, 0.15) is 27.7 Å². The highest BCUT2D eigenvalue weighted by Gasteiger charge is 2.46. The molecule has 0 bridgehead atoms. The number of esters is 1. The average molecular weight is 500 g/mol. The molecule has 2 atom stereocenters. The second-order valence-electron chi connectivity index (χ2n) is 7.48. The molecule has 3 aromatic rings. The Hall–Kier alpha value is -4.19. The van der Waals surface area contributed by atoms with Crippen LogP contribution in [0.3, 0.4) is 0 Å². The number of hydrogen-bond donors (Lipinski definition) is 2. The van der Waals surface area contributed by atoms with Crippen LogP contribution in [-0.4, -0.2) is 46.9 Å². The standard InChI is InChI=1S/C23H18F2N4O5S/c1-34-21(32)16-11-35-22(26-16)28-19(30)17(9-12-5-3-2-4-6-12)29-20(31)18(27-23(29)33)14-8-7-13(24)10-15(14)25/h2-8,10-11,17-18H,9H2,1H3,(H,27,33)(H,26,28,30)/t17-,18?/m0/s1. The number of amides is 4. The average Bonchev–Trinajstić information content (AvgIpc) is 3.42. The van der Waals surface area contributed by atoms with Gasteiger partial charge in [-0.1, -0.05) is 36.4 Å². The minimum absolute atomic E-state index is 0.0192. The first-order chi connectivity index (χ1) is 16.8. The van der Waals surface area contributed by atoms with Crippen molar-refractivity contribution in [2.24, 2.45) is 0 Å². The molecule has 4 rings (SSSR count). The topological polar surface area (TPSA) is 118 Å². The van der Waals surface area contributed by atoms with Crippen LogP contribution in [0, 0.1) is 11.6 Å². The number of carbonyl (C=O) groups excluding carboxylic acids is 4. The molecule has 0 spiro atoms. The van der Waals surface area contributed by atoms with Crippen LogP contribution < -0.4 is 10.6 Å². The third-order valence-corrected chi connectivity index (χ3v) is 6.02. The number of anilines is 1. The Morgan fingerprint density at radius 2 is 1.94 bits per heavy atom. The summed E-state index contributed by atoms with van der Waals surface area (Å²) < 4.78 is 32.3. The minimum atomic E-state index is -1.43. The Labute approximate surface area is 201 Å². The number of imide groups is 1. The van der Waals surface area contributed by atoms with Crippen LogP contribution in [0.25, 0.3) is 0 Å². The predicted molar refractivity (Wildman–Crippen MR) is 120 cm³/mol. The number of carbonyl (C=O) groups is 4. The molecular weight excluding hydrogens is 482 g/mol. The molecule has 35 heavy (non-hydrogen) atoms. The second-order valence-corrected chi connectivity index (χ2v) is 8.34. The number of urea groups is 1. The zero-order valence-corrected chi connectivity index (χ0v) is 19.0. The van der Waals surface area contributed by atoms with E-state index in [0.29, 0.717) is 16.5 Å². The van der Waals surface area contributed by atoms with Crippen molar-refractivity contribution >= 4 is 40.3 Å². The molecule has 1 aliphatic rings. The van der Waals surface area contributed by atoms with Crippen molar-refractivity contribution in [1.29, 1.82) is 0 Å². The van der Waals surface area contributed by atoms with Crippen LogP contribution in [0.15, 0.2) is 53.9 Å². The predicted octanol–water partition coefficient (Wildman–Crippen LogP) is 3.05. The molecule has 0 aliphatic carbocycles. The molecule has 0 radical (unpaired) electrons. The molecule has 1 aliphatic heterocycles. The quantitative estimate of drug-likeness (QED) is 0.380. The van der Waals surface area contributed by atoms with E-state index in [1.165, 1.54) is 12.5 Å². The van der Waals surface area contributed by atoms with Crippen LogP contribution in [0.4, 0.5) is 18.7 Å². The summed E-state index contributed by atoms with van der Waals surface area (Å²) in [4.78, 5) is 55.6. The number of methoxy groups -OCH3 is 1. The lowest BCUT2D eigenvalue weighted by atomic mass is 10.0. The van der Waals surface area contributed by atoms with Gasteiger partial charge in [0.2, 0.25) is 5.91 Å². The Morgan fingerprint density at radius 1 is 1.20 bits per heavy atom. The third-order valence-electron chi connectivity index (χ3n) is 5.26. The lowest BCUT2D eigenvalue weighted by Gasteiger charge is -2.24. The Bertz CT molecular complexity index is 1300. The summed E-state index contributed by atoms with van der Waals surface area (Å²) in [6.07, 6.45) is -0.0420. The molecule has 1 unspecified atom stereocenters. The van der Waals surface area contributed by atoms with Gasteiger partial charge in [-0.2, -0.15) is 0 Å². The van der Waals surface area contributed by atoms with E-state index in [1.807, 2.05) is 0 Å². The van der Waals surface area contributed by atoms with E-state index in [4.69, 9.17) is 0 Å². The SMILES string of the molecule is COC(=O)c1csc(NC(=O)[C@H](Cc2ccccc2)N2C(=O)NC(c3ccc(F)cc3F)C2=O)n1. The van der Waals surface area contributed by atoms with Gasteiger partial charge in [-0.3, -0.25) is 9.59 Å². The number of aromatic nitrogens is 1. The normalized spacial score (nSPS) is 16.1. The van der Waals surface area contributed by atoms with Gasteiger partial charge < -0.3 is 15.4 Å². The summed E-state index contributed by atoms with van der Waals surface area (Å²) >= 11 is 0.957. The molecule has 9 nitrogen and oxygen atoms in total. The highest BCUT2D eigenvalue weighted by molar-refractivity contribution is 7.14. The van der Waals surface area contributed by atoms with E-state index in [2.05, 4.69) is 20.4 Å². The van der Waals surface area contributed by atoms with Gasteiger partial charge in [0, 0.05) is 23.4 Å². The summed E-state index contributed by atoms with van der Waals surface area (Å²) in [6, 6.07) is 7.63. The summed E-state index contributed by atoms with van der Waals surface area (Å²) in [6.45, 7) is 0. The maximum Gasteiger partial charge on any atom is 0.357 e. The molecule has 2 aromatic carbocycles. The van der Waals surface area contributed by atoms with Gasteiger partial charge in [0.25, 0.3) is 5.91 Å². The molecule has 180 valence electrons. The fourth-order valence-corrected chi connectivity index (χ4v) is 4.27. The Balaban J connectivity index is 1.63. The van der Waals surface area contributed by atoms with Gasteiger partial charge in [0.05, 0.1) is 7.11 Å². The molecular formula is C23H18F2N4O5S. The minimum Gasteiger partial charge on any atom is -0.464 e. The molecule has 4 amide bonds. The van der Waals surface area contributed by atoms with Crippen molar-refractivity contribution < 1.29 is 32.7 Å². The van der Waals surface area contributed by atoms with E-state index in [-0.39, 0.29) is 22.8 Å². The van der Waals surface area contributed by atoms with E-state index in [1.54, 1.807) is 30.3 Å². The van der Waals surface area contributed by atoms with Gasteiger partial charge in [-0.05, 0) is 11.6 Å². The number of nitrogens with one attached hydrogen (secondary N) is 2. The Morgan fingerprint density at radius 3 is 2.63 bits per heavy atom. The first-order valence-corrected chi connectivity index (χ1v) is 11.1. The van der Waals surface area contributed by atoms with Crippen LogP contribution >= 0.6 is 11.3 Å². The Kier molecular flexibility index (Phi) is 6.82. The fourth-order valence-electron chi connectivity index (χ4n) is 3.59. The van der Waals surface area contributed by atoms with Crippen molar-refractivity contribution in [3.63, 3.8) is 0 Å². The number of benzene rings is 2. The monoisotopic (exact) mass is 500 g/mol. The molecule has 1 saturated heterocycles. The summed E-state index contributed by atoms with van der Waals surface area (Å²) in [5.74, 6) is -4.15. The zero-order valence-electron chi connectivity index (χ0n) is 18.2. The van der Waals surface area contributed by atoms with Crippen LogP contribution in [0.2, 0.25) is 0 Å². The first kappa shape index (κ1) is 24.0. The number of nitrogens with zero attached hydrogens (tertiary/aromatic N) is 2. The zero-order chi connectivity index (χ0) is 25.1. The second kappa shape index (κ2) is 9.97. The maximum atomic E-state index is 14.3. The lowest BCUT2D eigenvalue weighted by molar-refractivity contribution is -0.134. The molecule has 0 saturated carbocycles. The van der Waals surface area contributed by atoms with E-state index in [9.17, 15) is 28.0 Å². The van der Waals surface area contributed by atoms with E-state index >= 15 is 0 Å². The first-order valence-electron chi connectivity index (χ1n) is 10.3. The maximum absolute atomic E-state index is 14.3. The van der Waals surface area contributed by atoms with Crippen molar-refractivity contribution in [2.75, 3.05) is 12.4 Å². The summed E-state index contributed by atoms with van der Waals surface area (Å²) in [7, 11) is 1.19. The van der Waals surface area contributed by atoms with Crippen LogP contribution in [-0.2, 0) is 20.7 Å². The van der Waals surface area contributed by atoms with Crippen molar-refractivity contribution in [1.82, 2.24) is 15.2 Å². The highest BCUT2D eigenvalue weighted by atomic mass is 32.1. The van der Waals surface area contributed by atoms with Crippen molar-refractivity contribution in [3.8, 4) is 0 Å². The number of halogens is 2. The largest absolute Gasteiger partial charge is 0.464 e. The van der Waals surface area contributed by atoms with Crippen LogP contribution in [0.5, 0.6) is 0 Å². The molecule has 2 heterocycles. The molecule has 1 fully saturated rings. The van der Waals surface area contributed by atoms with Crippen molar-refractivity contribution in [3.05, 3.63) is 82.4 Å². The number of thiazole rings is 1. The van der Waals surface area contributed by atoms with Crippen molar-refractivity contribution in [2.45, 2.75) is 18.5 Å². The highest BCUT2D eigenvalue weighted by Crippen LogP contribution is 2.28. The molecule has 2 N–H and O–H groups in total. The smallest absolute Gasteiger partial charge is 0.357 e. The molecule has 12 heteroatoms. The summed E-state index contributed by atoms with van der Waals surface area (Å²) in [5.41, 5.74) is 0.405. The summed E-state index contributed by atoms with van der Waals surface area (Å²) in [5, 5.41) is 6.32. The third kappa shape index (κ3) is 5.01.